The standard InChI is InChI=1S/C20H29N/c1-18-8-15-9-19(2,12-18)14-20(10-15,13-18)11-17(21)16-6-4-3-5-7-16/h3-7,15,17H,8-14,21H2,1-2H3. The van der Waals surface area contributed by atoms with E-state index in [2.05, 4.69) is 44.2 Å². The smallest absolute Gasteiger partial charge is 0.0300 e. The third-order valence-corrected chi connectivity index (χ3v) is 6.62. The zero-order valence-corrected chi connectivity index (χ0v) is 13.6. The average Bonchev–Trinajstić information content (AvgIpc) is 2.34. The van der Waals surface area contributed by atoms with Gasteiger partial charge < -0.3 is 5.73 Å². The zero-order valence-electron chi connectivity index (χ0n) is 13.6. The van der Waals surface area contributed by atoms with E-state index in [0.29, 0.717) is 16.2 Å². The third kappa shape index (κ3) is 2.34. The van der Waals surface area contributed by atoms with Gasteiger partial charge in [-0.3, -0.25) is 0 Å². The first-order valence-corrected chi connectivity index (χ1v) is 8.70. The second kappa shape index (κ2) is 4.35. The maximum Gasteiger partial charge on any atom is 0.0300 e. The maximum atomic E-state index is 6.60. The number of rotatable bonds is 3. The van der Waals surface area contributed by atoms with Crippen LogP contribution in [0.4, 0.5) is 0 Å². The Morgan fingerprint density at radius 1 is 1.00 bits per heavy atom. The molecule has 1 nitrogen and oxygen atoms in total. The second-order valence-corrected chi connectivity index (χ2v) is 9.35. The second-order valence-electron chi connectivity index (χ2n) is 9.35. The third-order valence-electron chi connectivity index (χ3n) is 6.62. The SMILES string of the molecule is CC12CC3CC(C)(C1)CC(CC(N)c1ccccc1)(C3)C2. The summed E-state index contributed by atoms with van der Waals surface area (Å²) in [4.78, 5) is 0. The van der Waals surface area contributed by atoms with Crippen LogP contribution >= 0.6 is 0 Å². The minimum absolute atomic E-state index is 0.217. The number of hydrogen-bond donors (Lipinski definition) is 1. The Morgan fingerprint density at radius 3 is 2.19 bits per heavy atom. The molecule has 3 unspecified atom stereocenters. The van der Waals surface area contributed by atoms with E-state index >= 15 is 0 Å². The van der Waals surface area contributed by atoms with E-state index in [1.165, 1.54) is 50.5 Å². The average molecular weight is 283 g/mol. The molecule has 114 valence electrons. The first-order valence-electron chi connectivity index (χ1n) is 8.70. The van der Waals surface area contributed by atoms with Crippen molar-refractivity contribution in [2.24, 2.45) is 27.9 Å². The van der Waals surface area contributed by atoms with E-state index in [1.807, 2.05) is 0 Å². The largest absolute Gasteiger partial charge is 0.324 e. The Labute approximate surface area is 129 Å². The molecule has 0 aromatic heterocycles. The highest BCUT2D eigenvalue weighted by atomic mass is 14.7. The summed E-state index contributed by atoms with van der Waals surface area (Å²) in [6.45, 7) is 5.11. The van der Waals surface area contributed by atoms with Gasteiger partial charge in [0.25, 0.3) is 0 Å². The van der Waals surface area contributed by atoms with Crippen LogP contribution < -0.4 is 5.73 Å². The summed E-state index contributed by atoms with van der Waals surface area (Å²) >= 11 is 0. The van der Waals surface area contributed by atoms with Crippen LogP contribution in [0.25, 0.3) is 0 Å². The lowest BCUT2D eigenvalue weighted by Crippen LogP contribution is -2.55. The van der Waals surface area contributed by atoms with E-state index in [1.54, 1.807) is 0 Å². The summed E-state index contributed by atoms with van der Waals surface area (Å²) in [5, 5.41) is 0. The van der Waals surface area contributed by atoms with Gasteiger partial charge in [0.05, 0.1) is 0 Å². The molecule has 0 aliphatic heterocycles. The molecular weight excluding hydrogens is 254 g/mol. The van der Waals surface area contributed by atoms with Crippen molar-refractivity contribution >= 4 is 0 Å². The van der Waals surface area contributed by atoms with Crippen LogP contribution in [0, 0.1) is 22.2 Å². The van der Waals surface area contributed by atoms with Crippen LogP contribution in [0.1, 0.15) is 70.4 Å². The fourth-order valence-electron chi connectivity index (χ4n) is 7.20. The van der Waals surface area contributed by atoms with Gasteiger partial charge in [-0.15, -0.1) is 0 Å². The molecule has 4 bridgehead atoms. The molecule has 1 aromatic carbocycles. The predicted octanol–water partition coefficient (Wildman–Crippen LogP) is 5.07. The summed E-state index contributed by atoms with van der Waals surface area (Å²) in [5.41, 5.74) is 9.65. The molecule has 4 saturated carbocycles. The van der Waals surface area contributed by atoms with Crippen LogP contribution in [0.5, 0.6) is 0 Å². The highest BCUT2D eigenvalue weighted by Gasteiger charge is 2.59. The predicted molar refractivity (Wildman–Crippen MR) is 87.8 cm³/mol. The van der Waals surface area contributed by atoms with E-state index < -0.39 is 0 Å². The lowest BCUT2D eigenvalue weighted by atomic mass is 9.39. The van der Waals surface area contributed by atoms with Gasteiger partial charge in [0, 0.05) is 6.04 Å². The van der Waals surface area contributed by atoms with Crippen molar-refractivity contribution in [1.82, 2.24) is 0 Å². The minimum atomic E-state index is 0.217. The van der Waals surface area contributed by atoms with E-state index in [0.717, 1.165) is 5.92 Å². The van der Waals surface area contributed by atoms with Gasteiger partial charge in [-0.25, -0.2) is 0 Å². The van der Waals surface area contributed by atoms with E-state index in [-0.39, 0.29) is 6.04 Å². The molecule has 0 spiro atoms. The first kappa shape index (κ1) is 13.8. The van der Waals surface area contributed by atoms with Crippen LogP contribution in [-0.2, 0) is 0 Å². The van der Waals surface area contributed by atoms with Crippen LogP contribution in [-0.4, -0.2) is 0 Å². The van der Waals surface area contributed by atoms with Crippen molar-refractivity contribution in [2.75, 3.05) is 0 Å². The quantitative estimate of drug-likeness (QED) is 0.823. The van der Waals surface area contributed by atoms with Gasteiger partial charge >= 0.3 is 0 Å². The number of hydrogen-bond acceptors (Lipinski definition) is 1. The van der Waals surface area contributed by atoms with Crippen LogP contribution in [0.15, 0.2) is 30.3 Å². The van der Waals surface area contributed by atoms with Crippen LogP contribution in [0.2, 0.25) is 0 Å². The van der Waals surface area contributed by atoms with Gasteiger partial charge in [0.1, 0.15) is 0 Å². The van der Waals surface area contributed by atoms with E-state index in [9.17, 15) is 0 Å². The maximum absolute atomic E-state index is 6.60. The lowest BCUT2D eigenvalue weighted by Gasteiger charge is -2.66. The summed E-state index contributed by atoms with van der Waals surface area (Å²) in [6, 6.07) is 11.0. The molecule has 0 saturated heterocycles. The highest BCUT2D eigenvalue weighted by Crippen LogP contribution is 2.70. The van der Waals surface area contributed by atoms with Crippen molar-refractivity contribution in [3.8, 4) is 0 Å². The molecule has 2 N–H and O–H groups in total. The molecular formula is C20H29N. The molecule has 0 heterocycles. The molecule has 3 atom stereocenters. The monoisotopic (exact) mass is 283 g/mol. The molecule has 4 aliphatic rings. The van der Waals surface area contributed by atoms with Gasteiger partial charge in [-0.2, -0.15) is 0 Å². The lowest BCUT2D eigenvalue weighted by molar-refractivity contribution is -0.149. The van der Waals surface area contributed by atoms with Crippen molar-refractivity contribution in [2.45, 2.75) is 64.8 Å². The van der Waals surface area contributed by atoms with E-state index in [4.69, 9.17) is 5.73 Å². The molecule has 1 aromatic rings. The molecule has 1 heteroatoms. The number of benzene rings is 1. The Morgan fingerprint density at radius 2 is 1.62 bits per heavy atom. The molecule has 0 amide bonds. The normalized spacial score (nSPS) is 45.8. The molecule has 5 rings (SSSR count). The van der Waals surface area contributed by atoms with Gasteiger partial charge in [-0.1, -0.05) is 44.2 Å². The highest BCUT2D eigenvalue weighted by molar-refractivity contribution is 5.20. The van der Waals surface area contributed by atoms with Gasteiger partial charge in [-0.05, 0) is 72.7 Å². The van der Waals surface area contributed by atoms with Gasteiger partial charge in [0.15, 0.2) is 0 Å². The molecule has 4 aliphatic carbocycles. The van der Waals surface area contributed by atoms with Crippen molar-refractivity contribution in [3.63, 3.8) is 0 Å². The summed E-state index contributed by atoms with van der Waals surface area (Å²) in [6.07, 6.45) is 9.89. The summed E-state index contributed by atoms with van der Waals surface area (Å²) in [7, 11) is 0. The Hall–Kier alpha value is -0.820. The summed E-state index contributed by atoms with van der Waals surface area (Å²) < 4.78 is 0. The fraction of sp³-hybridized carbons (Fsp3) is 0.700. The Balaban J connectivity index is 1.60. The molecule has 4 fully saturated rings. The zero-order chi connectivity index (χ0) is 14.7. The topological polar surface area (TPSA) is 26.0 Å². The summed E-state index contributed by atoms with van der Waals surface area (Å²) in [5.74, 6) is 0.972. The van der Waals surface area contributed by atoms with Crippen molar-refractivity contribution in [3.05, 3.63) is 35.9 Å². The Bertz CT molecular complexity index is 516. The minimum Gasteiger partial charge on any atom is -0.324 e. The first-order chi connectivity index (χ1) is 9.90. The van der Waals surface area contributed by atoms with Crippen molar-refractivity contribution in [1.29, 1.82) is 0 Å². The Kier molecular flexibility index (Phi) is 2.86. The van der Waals surface area contributed by atoms with Crippen molar-refractivity contribution < 1.29 is 0 Å². The molecule has 21 heavy (non-hydrogen) atoms. The molecule has 0 radical (unpaired) electrons. The number of nitrogens with two attached hydrogens (primary N) is 1. The fourth-order valence-corrected chi connectivity index (χ4v) is 7.20. The van der Waals surface area contributed by atoms with Gasteiger partial charge in [0.2, 0.25) is 0 Å². The van der Waals surface area contributed by atoms with Crippen LogP contribution in [0.3, 0.4) is 0 Å².